The quantitative estimate of drug-likeness (QED) is 0.0169. The molecule has 21 heteroatoms. The molecule has 1 saturated heterocycles. The van der Waals surface area contributed by atoms with Crippen LogP contribution in [0.1, 0.15) is 133 Å². The van der Waals surface area contributed by atoms with Crippen LogP contribution in [0.5, 0.6) is 5.75 Å². The highest BCUT2D eigenvalue weighted by atomic mass is 33.1. The number of hydrogen-bond acceptors (Lipinski definition) is 17. The van der Waals surface area contributed by atoms with Crippen LogP contribution in [0, 0.1) is 33.8 Å². The zero-order valence-corrected chi connectivity index (χ0v) is 46.2. The molecule has 73 heavy (non-hydrogen) atoms. The molecule has 404 valence electrons. The molecule has 3 heterocycles. The number of Topliss-reactive ketones (excluding diaryl/α,β-unsaturated/α-hetero) is 2. The van der Waals surface area contributed by atoms with Gasteiger partial charge in [0.1, 0.15) is 35.9 Å². The molecule has 0 saturated carbocycles. The van der Waals surface area contributed by atoms with Gasteiger partial charge < -0.3 is 34.9 Å². The number of phenolic OH excluding ortho intramolecular Hbond substituents is 1. The summed E-state index contributed by atoms with van der Waals surface area (Å²) < 4.78 is 17.5. The number of benzene rings is 1. The highest BCUT2D eigenvalue weighted by Gasteiger charge is 2.39. The molecular weight excluding hydrogens is 995 g/mol. The van der Waals surface area contributed by atoms with Crippen molar-refractivity contribution in [1.82, 2.24) is 30.4 Å². The minimum Gasteiger partial charge on any atom is -0.508 e. The Morgan fingerprint density at radius 3 is 2.47 bits per heavy atom. The topological polar surface area (TPSA) is 233 Å². The van der Waals surface area contributed by atoms with E-state index >= 15 is 0 Å². The molecule has 0 radical (unpaired) electrons. The first-order valence-corrected chi connectivity index (χ1v) is 28.7. The third kappa shape index (κ3) is 19.8. The van der Waals surface area contributed by atoms with Gasteiger partial charge in [0.05, 0.1) is 17.5 Å². The van der Waals surface area contributed by atoms with Gasteiger partial charge in [-0.25, -0.2) is 14.8 Å². The number of ketones is 2. The van der Waals surface area contributed by atoms with Gasteiger partial charge in [-0.1, -0.05) is 90.2 Å². The number of hydrogen-bond donors (Lipinski definition) is 3. The van der Waals surface area contributed by atoms with E-state index in [0.29, 0.717) is 30.2 Å². The lowest BCUT2D eigenvalue weighted by Gasteiger charge is -2.39. The molecule has 1 fully saturated rings. The lowest BCUT2D eigenvalue weighted by atomic mass is 9.82. The van der Waals surface area contributed by atoms with Gasteiger partial charge in [0, 0.05) is 73.9 Å². The van der Waals surface area contributed by atoms with Crippen LogP contribution in [0.3, 0.4) is 0 Å². The third-order valence-corrected chi connectivity index (χ3v) is 16.6. The number of amides is 3. The summed E-state index contributed by atoms with van der Waals surface area (Å²) in [6.07, 6.45) is 7.63. The summed E-state index contributed by atoms with van der Waals surface area (Å²) in [4.78, 5) is 92.2. The van der Waals surface area contributed by atoms with Crippen molar-refractivity contribution in [1.29, 1.82) is 0 Å². The number of likely N-dealkylation sites (N-methyl/N-ethyl adjacent to an activating group) is 1. The van der Waals surface area contributed by atoms with E-state index in [1.807, 2.05) is 18.9 Å². The summed E-state index contributed by atoms with van der Waals surface area (Å²) in [7, 11) is 5.91. The van der Waals surface area contributed by atoms with Gasteiger partial charge >= 0.3 is 11.8 Å². The second kappa shape index (κ2) is 31.9. The number of alkyl carbamates (subject to hydrolysis) is 1. The van der Waals surface area contributed by atoms with Gasteiger partial charge in [-0.05, 0) is 92.1 Å². The van der Waals surface area contributed by atoms with E-state index in [0.717, 1.165) is 67.8 Å². The smallest absolute Gasteiger partial charge is 0.407 e. The molecule has 2 aromatic heterocycles. The fourth-order valence-electron chi connectivity index (χ4n) is 8.78. The van der Waals surface area contributed by atoms with E-state index in [1.54, 1.807) is 43.7 Å². The average Bonchev–Trinajstić information content (AvgIpc) is 3.87. The van der Waals surface area contributed by atoms with E-state index in [4.69, 9.17) is 19.2 Å². The number of methoxy groups -OCH3 is 1. The summed E-state index contributed by atoms with van der Waals surface area (Å²) >= 11 is 1.28. The molecule has 7 atom stereocenters. The van der Waals surface area contributed by atoms with Gasteiger partial charge in [-0.15, -0.1) is 11.3 Å². The van der Waals surface area contributed by atoms with Crippen LogP contribution in [0.15, 0.2) is 53.0 Å². The second-order valence-electron chi connectivity index (χ2n) is 19.2. The number of phenols is 1. The molecule has 1 unspecified atom stereocenters. The third-order valence-electron chi connectivity index (χ3n) is 13.4. The number of nitrogens with one attached hydrogen (secondary N) is 2. The molecule has 18 nitrogen and oxygen atoms in total. The van der Waals surface area contributed by atoms with Gasteiger partial charge in [-0.2, -0.15) is 0 Å². The first kappa shape index (κ1) is 60.9. The fraction of sp³-hybridized carbons (Fsp3) is 0.635. The first-order valence-electron chi connectivity index (χ1n) is 25.5. The minimum absolute atomic E-state index is 0.0106. The van der Waals surface area contributed by atoms with Crippen LogP contribution in [0.2, 0.25) is 0 Å². The van der Waals surface area contributed by atoms with Crippen molar-refractivity contribution < 1.29 is 48.2 Å². The average molecular weight is 1070 g/mol. The number of pyridine rings is 1. The van der Waals surface area contributed by atoms with Gasteiger partial charge in [0.2, 0.25) is 5.91 Å². The van der Waals surface area contributed by atoms with Crippen LogP contribution < -0.4 is 10.6 Å². The highest BCUT2D eigenvalue weighted by Crippen LogP contribution is 2.36. The number of nitrogens with zero attached hydrogens (tertiary/aromatic N) is 5. The standard InChI is InChI=1S/C52H77N7O11S3/c1-9-11-14-24-69-33-58(51(64)40(35(5)10-2)29-45(61)42-16-12-13-23-57(42)7)44(34(3)4)30-47(68-8)50-56-41(32-71-50)48(63)55-38(28-37-18-20-39(60)21-19-37)27-36(6)46(62)31-54-52(65)70-25-26-72-73-49-43(59(66)67)17-15-22-53-49/h15,17-22,32,34-36,38,40,42,44,47,60H,9-14,16,23-31,33H2,1-8H3,(H,54,65)(H,55,63)/t35?,36-,38+,40-,42+,44+,47+/m0/s1. The number of rotatable bonds is 33. The van der Waals surface area contributed by atoms with Crippen molar-refractivity contribution in [2.24, 2.45) is 23.7 Å². The number of aromatic hydroxyl groups is 1. The number of aromatic nitrogens is 2. The van der Waals surface area contributed by atoms with Crippen molar-refractivity contribution >= 4 is 68.1 Å². The van der Waals surface area contributed by atoms with Gasteiger partial charge in [0.15, 0.2) is 16.6 Å². The van der Waals surface area contributed by atoms with Crippen molar-refractivity contribution in [3.8, 4) is 5.75 Å². The second-order valence-corrected chi connectivity index (χ2v) is 22.5. The van der Waals surface area contributed by atoms with Crippen LogP contribution >= 0.6 is 32.9 Å². The molecule has 3 aromatic rings. The SMILES string of the molecule is CCCCCOCN(C(=O)[C@@H](CC(=O)[C@H]1CCCCN1C)C(C)CC)[C@H](C[C@@H](OC)c1nc(C(=O)N[C@@H](Cc2ccc(O)cc2)C[C@H](C)C(=O)CNC(=O)OCCSSc2ncccc2[N+](=O)[O-])cs1)C(C)C. The van der Waals surface area contributed by atoms with E-state index in [9.17, 15) is 39.2 Å². The number of carbonyl (C=O) groups excluding carboxylic acids is 5. The number of piperidine rings is 1. The Kier molecular flexibility index (Phi) is 26.6. The van der Waals surface area contributed by atoms with Gasteiger partial charge in [-0.3, -0.25) is 34.2 Å². The number of unbranched alkanes of at least 4 members (excludes halogenated alkanes) is 2. The summed E-state index contributed by atoms with van der Waals surface area (Å²) in [5.74, 6) is -1.54. The molecule has 0 aliphatic carbocycles. The summed E-state index contributed by atoms with van der Waals surface area (Å²) in [6.45, 7) is 13.2. The van der Waals surface area contributed by atoms with Crippen LogP contribution in [0.4, 0.5) is 10.5 Å². The van der Waals surface area contributed by atoms with Crippen LogP contribution in [-0.4, -0.2) is 130 Å². The van der Waals surface area contributed by atoms with E-state index in [-0.39, 0.29) is 96.3 Å². The Labute approximate surface area is 442 Å². The van der Waals surface area contributed by atoms with Crippen molar-refractivity contribution in [2.45, 2.75) is 141 Å². The highest BCUT2D eigenvalue weighted by molar-refractivity contribution is 8.76. The molecule has 0 bridgehead atoms. The maximum absolute atomic E-state index is 15.0. The number of ether oxygens (including phenoxy) is 3. The number of thiazole rings is 1. The summed E-state index contributed by atoms with van der Waals surface area (Å²) in [5, 5.41) is 29.2. The predicted octanol–water partition coefficient (Wildman–Crippen LogP) is 9.46. The lowest BCUT2D eigenvalue weighted by Crippen LogP contribution is -2.50. The number of carbonyl (C=O) groups is 5. The predicted molar refractivity (Wildman–Crippen MR) is 286 cm³/mol. The zero-order chi connectivity index (χ0) is 53.5. The minimum atomic E-state index is -0.794. The lowest BCUT2D eigenvalue weighted by molar-refractivity contribution is -0.388. The molecule has 3 N–H and O–H groups in total. The molecular formula is C52H77N7O11S3. The molecule has 1 aliphatic rings. The summed E-state index contributed by atoms with van der Waals surface area (Å²) in [5.41, 5.74) is 0.853. The van der Waals surface area contributed by atoms with Crippen molar-refractivity contribution in [3.63, 3.8) is 0 Å². The molecule has 1 aliphatic heterocycles. The molecule has 0 spiro atoms. The Bertz CT molecular complexity index is 2220. The van der Waals surface area contributed by atoms with Crippen molar-refractivity contribution in [3.05, 3.63) is 74.4 Å². The van der Waals surface area contributed by atoms with Crippen molar-refractivity contribution in [2.75, 3.05) is 52.9 Å². The van der Waals surface area contributed by atoms with Gasteiger partial charge in [0.25, 0.3) is 5.91 Å². The maximum atomic E-state index is 15.0. The van der Waals surface area contributed by atoms with E-state index in [1.165, 1.54) is 40.5 Å². The Hall–Kier alpha value is -4.67. The maximum Gasteiger partial charge on any atom is 0.407 e. The zero-order valence-electron chi connectivity index (χ0n) is 43.7. The Morgan fingerprint density at radius 1 is 1.04 bits per heavy atom. The van der Waals surface area contributed by atoms with Crippen LogP contribution in [0.25, 0.3) is 0 Å². The van der Waals surface area contributed by atoms with E-state index < -0.39 is 40.9 Å². The number of nitro groups is 1. The number of likely N-dealkylation sites (tertiary alicyclic amines) is 1. The molecule has 1 aromatic carbocycles. The molecule has 4 rings (SSSR count). The summed E-state index contributed by atoms with van der Waals surface area (Å²) in [6, 6.07) is 8.31. The first-order chi connectivity index (χ1) is 35.0. The normalized spacial score (nSPS) is 16.4. The van der Waals surface area contributed by atoms with Crippen LogP contribution in [-0.2, 0) is 35.0 Å². The fourth-order valence-corrected chi connectivity index (χ4v) is 11.5. The largest absolute Gasteiger partial charge is 0.508 e. The molecule has 3 amide bonds. The monoisotopic (exact) mass is 1070 g/mol. The Balaban J connectivity index is 1.44. The van der Waals surface area contributed by atoms with E-state index in [2.05, 4.69) is 48.2 Å². The Morgan fingerprint density at radius 2 is 1.79 bits per heavy atom.